The predicted octanol–water partition coefficient (Wildman–Crippen LogP) is 1.90. The highest BCUT2D eigenvalue weighted by atomic mass is 16.5. The van der Waals surface area contributed by atoms with Crippen molar-refractivity contribution in [1.29, 1.82) is 0 Å². The lowest BCUT2D eigenvalue weighted by Gasteiger charge is -1.96. The van der Waals surface area contributed by atoms with E-state index >= 15 is 0 Å². The minimum absolute atomic E-state index is 0.169. The van der Waals surface area contributed by atoms with Crippen LogP contribution in [0.2, 0.25) is 0 Å². The topological polar surface area (TPSA) is 46.5 Å². The van der Waals surface area contributed by atoms with Crippen LogP contribution in [-0.4, -0.2) is 24.8 Å². The number of allylic oxidation sites excluding steroid dienone is 2. The van der Waals surface area contributed by atoms with Gasteiger partial charge in [0.25, 0.3) is 6.47 Å². The number of unbranched alkanes of at least 4 members (excludes halogenated alkanes) is 1. The van der Waals surface area contributed by atoms with Gasteiger partial charge in [-0.25, -0.2) is 0 Å². The van der Waals surface area contributed by atoms with Gasteiger partial charge in [0.05, 0.1) is 6.61 Å². The highest BCUT2D eigenvalue weighted by molar-refractivity contribution is 5.36. The van der Waals surface area contributed by atoms with Crippen LogP contribution >= 0.6 is 0 Å². The second-order valence-electron chi connectivity index (χ2n) is 4.12. The highest BCUT2D eigenvalue weighted by Crippen LogP contribution is 2.38. The number of hydrogen-bond donors (Lipinski definition) is 1. The first-order valence-corrected chi connectivity index (χ1v) is 5.71. The van der Waals surface area contributed by atoms with E-state index in [0.717, 1.165) is 18.3 Å². The summed E-state index contributed by atoms with van der Waals surface area (Å²) in [6.45, 7) is 1.00. The minimum atomic E-state index is 0.169. The Balaban J connectivity index is 0.000000150. The van der Waals surface area contributed by atoms with Crippen molar-refractivity contribution in [3.63, 3.8) is 0 Å². The molecule has 1 N–H and O–H groups in total. The number of ether oxygens (including phenoxy) is 1. The molecule has 1 saturated carbocycles. The summed E-state index contributed by atoms with van der Waals surface area (Å²) in [6, 6.07) is 0. The molecule has 0 aromatic carbocycles. The summed E-state index contributed by atoms with van der Waals surface area (Å²) in [7, 11) is 0. The molecule has 2 unspecified atom stereocenters. The first-order chi connectivity index (χ1) is 7.36. The molecule has 0 amide bonds. The van der Waals surface area contributed by atoms with E-state index in [4.69, 9.17) is 5.11 Å². The van der Waals surface area contributed by atoms with Crippen LogP contribution in [-0.2, 0) is 9.53 Å². The fourth-order valence-electron chi connectivity index (χ4n) is 2.06. The lowest BCUT2D eigenvalue weighted by Crippen LogP contribution is -1.92. The van der Waals surface area contributed by atoms with Crippen molar-refractivity contribution in [2.75, 3.05) is 13.2 Å². The zero-order valence-corrected chi connectivity index (χ0v) is 9.10. The fraction of sp³-hybridized carbons (Fsp3) is 0.750. The van der Waals surface area contributed by atoms with E-state index in [0.29, 0.717) is 19.5 Å². The maximum absolute atomic E-state index is 9.48. The Morgan fingerprint density at radius 3 is 2.27 bits per heavy atom. The molecular weight excluding hydrogens is 192 g/mol. The predicted molar refractivity (Wildman–Crippen MR) is 58.3 cm³/mol. The van der Waals surface area contributed by atoms with Crippen LogP contribution in [0.5, 0.6) is 0 Å². The molecule has 3 heteroatoms. The summed E-state index contributed by atoms with van der Waals surface area (Å²) in [5.74, 6) is 1.98. The van der Waals surface area contributed by atoms with Gasteiger partial charge >= 0.3 is 0 Å². The third-order valence-electron chi connectivity index (χ3n) is 2.91. The molecule has 0 spiro atoms. The van der Waals surface area contributed by atoms with Crippen LogP contribution in [0.4, 0.5) is 0 Å². The van der Waals surface area contributed by atoms with Crippen LogP contribution in [0, 0.1) is 11.8 Å². The summed E-state index contributed by atoms with van der Waals surface area (Å²) in [6.07, 6.45) is 10.6. The Morgan fingerprint density at radius 2 is 1.93 bits per heavy atom. The van der Waals surface area contributed by atoms with Crippen LogP contribution in [0.15, 0.2) is 12.2 Å². The van der Waals surface area contributed by atoms with E-state index in [1.165, 1.54) is 19.3 Å². The van der Waals surface area contributed by atoms with E-state index in [1.807, 2.05) is 0 Å². The summed E-state index contributed by atoms with van der Waals surface area (Å²) in [5, 5.41) is 8.22. The maximum Gasteiger partial charge on any atom is 0.293 e. The average molecular weight is 212 g/mol. The third kappa shape index (κ3) is 4.98. The van der Waals surface area contributed by atoms with Crippen LogP contribution < -0.4 is 0 Å². The van der Waals surface area contributed by atoms with Gasteiger partial charge in [-0.05, 0) is 43.9 Å². The molecule has 3 nitrogen and oxygen atoms in total. The van der Waals surface area contributed by atoms with Crippen LogP contribution in [0.3, 0.4) is 0 Å². The molecule has 2 aliphatic carbocycles. The fourth-order valence-corrected chi connectivity index (χ4v) is 2.06. The molecular formula is C12H20O3. The van der Waals surface area contributed by atoms with Gasteiger partial charge in [0, 0.05) is 6.61 Å². The van der Waals surface area contributed by atoms with Gasteiger partial charge in [0.2, 0.25) is 0 Å². The standard InChI is InChI=1S/C7H10.C5H10O3/c1-2-7-4-3-6(1)5-7;6-3-1-2-4-8-5-7/h1-2,6-7H,3-5H2;5-6H,1-4H2. The smallest absolute Gasteiger partial charge is 0.293 e. The molecule has 0 aromatic heterocycles. The summed E-state index contributed by atoms with van der Waals surface area (Å²) in [4.78, 5) is 9.48. The lowest BCUT2D eigenvalue weighted by molar-refractivity contribution is -0.128. The van der Waals surface area contributed by atoms with Gasteiger partial charge in [-0.15, -0.1) is 0 Å². The zero-order chi connectivity index (χ0) is 10.9. The molecule has 0 heterocycles. The molecule has 2 bridgehead atoms. The number of carbonyl (C=O) groups excluding carboxylic acids is 1. The average Bonchev–Trinajstić information content (AvgIpc) is 2.89. The van der Waals surface area contributed by atoms with Crippen molar-refractivity contribution in [3.8, 4) is 0 Å². The molecule has 0 radical (unpaired) electrons. The number of aliphatic hydroxyl groups excluding tert-OH is 1. The molecule has 2 aliphatic rings. The van der Waals surface area contributed by atoms with Gasteiger partial charge in [-0.1, -0.05) is 12.2 Å². The molecule has 0 saturated heterocycles. The van der Waals surface area contributed by atoms with Gasteiger partial charge < -0.3 is 9.84 Å². The SMILES string of the molecule is C1=CC2CCC1C2.O=COCCCCO. The van der Waals surface area contributed by atoms with Gasteiger partial charge in [0.1, 0.15) is 0 Å². The molecule has 15 heavy (non-hydrogen) atoms. The molecule has 86 valence electrons. The van der Waals surface area contributed by atoms with Crippen molar-refractivity contribution >= 4 is 6.47 Å². The Hall–Kier alpha value is -0.830. The third-order valence-corrected chi connectivity index (χ3v) is 2.91. The van der Waals surface area contributed by atoms with Crippen LogP contribution in [0.1, 0.15) is 32.1 Å². The largest absolute Gasteiger partial charge is 0.468 e. The van der Waals surface area contributed by atoms with Crippen molar-refractivity contribution < 1.29 is 14.6 Å². The second kappa shape index (κ2) is 7.46. The van der Waals surface area contributed by atoms with Crippen molar-refractivity contribution in [3.05, 3.63) is 12.2 Å². The number of rotatable bonds is 5. The first-order valence-electron chi connectivity index (χ1n) is 5.71. The minimum Gasteiger partial charge on any atom is -0.468 e. The number of fused-ring (bicyclic) bond motifs is 2. The normalized spacial score (nSPS) is 25.9. The Morgan fingerprint density at radius 1 is 1.27 bits per heavy atom. The highest BCUT2D eigenvalue weighted by Gasteiger charge is 2.25. The zero-order valence-electron chi connectivity index (χ0n) is 9.10. The molecule has 0 aliphatic heterocycles. The quantitative estimate of drug-likeness (QED) is 0.430. The molecule has 0 aromatic rings. The molecule has 2 rings (SSSR count). The Labute approximate surface area is 91.1 Å². The van der Waals surface area contributed by atoms with E-state index in [2.05, 4.69) is 16.9 Å². The van der Waals surface area contributed by atoms with Crippen LogP contribution in [0.25, 0.3) is 0 Å². The Kier molecular flexibility index (Phi) is 6.09. The van der Waals surface area contributed by atoms with Crippen molar-refractivity contribution in [2.45, 2.75) is 32.1 Å². The Bertz CT molecular complexity index is 189. The number of carbonyl (C=O) groups is 1. The van der Waals surface area contributed by atoms with Crippen molar-refractivity contribution in [1.82, 2.24) is 0 Å². The summed E-state index contributed by atoms with van der Waals surface area (Å²) in [5.41, 5.74) is 0. The van der Waals surface area contributed by atoms with Crippen molar-refractivity contribution in [2.24, 2.45) is 11.8 Å². The monoisotopic (exact) mass is 212 g/mol. The second-order valence-corrected chi connectivity index (χ2v) is 4.12. The lowest BCUT2D eigenvalue weighted by atomic mass is 10.1. The van der Waals surface area contributed by atoms with Gasteiger partial charge in [0.15, 0.2) is 0 Å². The molecule has 1 fully saturated rings. The summed E-state index contributed by atoms with van der Waals surface area (Å²) < 4.78 is 4.34. The number of hydrogen-bond acceptors (Lipinski definition) is 3. The summed E-state index contributed by atoms with van der Waals surface area (Å²) >= 11 is 0. The first kappa shape index (κ1) is 12.2. The van der Waals surface area contributed by atoms with E-state index in [-0.39, 0.29) is 6.61 Å². The van der Waals surface area contributed by atoms with Gasteiger partial charge in [-0.3, -0.25) is 4.79 Å². The maximum atomic E-state index is 9.48. The van der Waals surface area contributed by atoms with E-state index in [1.54, 1.807) is 0 Å². The van der Waals surface area contributed by atoms with E-state index in [9.17, 15) is 4.79 Å². The molecule has 2 atom stereocenters. The van der Waals surface area contributed by atoms with Gasteiger partial charge in [-0.2, -0.15) is 0 Å². The van der Waals surface area contributed by atoms with E-state index < -0.39 is 0 Å². The number of aliphatic hydroxyl groups is 1.